The molecule has 0 aromatic heterocycles. The molecular formula is C13H21N3O3S. The molecule has 7 heteroatoms. The maximum atomic E-state index is 11.8. The van der Waals surface area contributed by atoms with Crippen molar-refractivity contribution in [2.24, 2.45) is 0 Å². The molecule has 0 bridgehead atoms. The fraction of sp³-hybridized carbons (Fsp3) is 0.462. The molecule has 0 unspecified atom stereocenters. The van der Waals surface area contributed by atoms with Gasteiger partial charge in [-0.1, -0.05) is 6.07 Å². The normalized spacial score (nSPS) is 12.1. The average molecular weight is 299 g/mol. The van der Waals surface area contributed by atoms with Crippen molar-refractivity contribution in [2.75, 3.05) is 12.4 Å². The second kappa shape index (κ2) is 5.80. The molecule has 1 rings (SSSR count). The van der Waals surface area contributed by atoms with Crippen LogP contribution in [0.2, 0.25) is 0 Å². The largest absolute Gasteiger partial charge is 0.333 e. The minimum absolute atomic E-state index is 0.108. The lowest BCUT2D eigenvalue weighted by Gasteiger charge is -2.21. The maximum absolute atomic E-state index is 11.8. The van der Waals surface area contributed by atoms with Gasteiger partial charge >= 0.3 is 6.03 Å². The van der Waals surface area contributed by atoms with Crippen molar-refractivity contribution in [1.82, 2.24) is 10.0 Å². The van der Waals surface area contributed by atoms with Crippen molar-refractivity contribution >= 4 is 21.7 Å². The molecule has 20 heavy (non-hydrogen) atoms. The summed E-state index contributed by atoms with van der Waals surface area (Å²) >= 11 is 0. The van der Waals surface area contributed by atoms with Gasteiger partial charge < -0.3 is 10.6 Å². The highest BCUT2D eigenvalue weighted by Crippen LogP contribution is 2.20. The molecule has 0 saturated heterocycles. The first kappa shape index (κ1) is 16.5. The molecule has 6 nitrogen and oxygen atoms in total. The average Bonchev–Trinajstić information content (AvgIpc) is 2.29. The van der Waals surface area contributed by atoms with E-state index < -0.39 is 10.0 Å². The summed E-state index contributed by atoms with van der Waals surface area (Å²) < 4.78 is 25.7. The zero-order valence-electron chi connectivity index (χ0n) is 12.4. The van der Waals surface area contributed by atoms with Crippen LogP contribution in [0.1, 0.15) is 26.3 Å². The summed E-state index contributed by atoms with van der Waals surface area (Å²) in [6.45, 7) is 7.38. The van der Waals surface area contributed by atoms with Crippen molar-refractivity contribution in [3.63, 3.8) is 0 Å². The van der Waals surface area contributed by atoms with E-state index >= 15 is 0 Å². The number of carbonyl (C=O) groups is 1. The molecule has 0 fully saturated rings. The second-order valence-electron chi connectivity index (χ2n) is 5.51. The van der Waals surface area contributed by atoms with E-state index in [1.165, 1.54) is 19.2 Å². The topological polar surface area (TPSA) is 87.3 Å². The number of amides is 2. The van der Waals surface area contributed by atoms with E-state index in [0.29, 0.717) is 5.69 Å². The highest BCUT2D eigenvalue weighted by molar-refractivity contribution is 7.89. The van der Waals surface area contributed by atoms with Crippen LogP contribution in [-0.2, 0) is 10.0 Å². The van der Waals surface area contributed by atoms with Crippen molar-refractivity contribution < 1.29 is 13.2 Å². The number of hydrogen-bond acceptors (Lipinski definition) is 3. The summed E-state index contributed by atoms with van der Waals surface area (Å²) in [6.07, 6.45) is 0. The Morgan fingerprint density at radius 2 is 1.80 bits per heavy atom. The van der Waals surface area contributed by atoms with E-state index in [1.54, 1.807) is 13.0 Å². The van der Waals surface area contributed by atoms with Crippen molar-refractivity contribution in [1.29, 1.82) is 0 Å². The number of sulfonamides is 1. The molecule has 1 aromatic rings. The van der Waals surface area contributed by atoms with Gasteiger partial charge in [-0.05, 0) is 52.4 Å². The number of nitrogens with one attached hydrogen (secondary N) is 3. The van der Waals surface area contributed by atoms with Crippen LogP contribution in [0.3, 0.4) is 0 Å². The van der Waals surface area contributed by atoms with Gasteiger partial charge in [0.25, 0.3) is 0 Å². The first-order valence-electron chi connectivity index (χ1n) is 6.18. The molecule has 0 aliphatic carbocycles. The summed E-state index contributed by atoms with van der Waals surface area (Å²) in [6, 6.07) is 4.20. The lowest BCUT2D eigenvalue weighted by molar-refractivity contribution is 0.244. The molecule has 0 atom stereocenters. The SMILES string of the molecule is CNS(=O)(=O)c1ccc(C)c(NC(=O)NC(C)(C)C)c1. The smallest absolute Gasteiger partial charge is 0.319 e. The van der Waals surface area contributed by atoms with Gasteiger partial charge in [0.15, 0.2) is 0 Å². The Morgan fingerprint density at radius 3 is 2.30 bits per heavy atom. The third-order valence-corrected chi connectivity index (χ3v) is 3.94. The fourth-order valence-electron chi connectivity index (χ4n) is 1.51. The second-order valence-corrected chi connectivity index (χ2v) is 7.40. The molecular weight excluding hydrogens is 278 g/mol. The summed E-state index contributed by atoms with van der Waals surface area (Å²) in [5, 5.41) is 5.41. The van der Waals surface area contributed by atoms with Gasteiger partial charge in [0.1, 0.15) is 0 Å². The monoisotopic (exact) mass is 299 g/mol. The molecule has 0 saturated carbocycles. The lowest BCUT2D eigenvalue weighted by Crippen LogP contribution is -2.43. The summed E-state index contributed by atoms with van der Waals surface area (Å²) in [7, 11) is -2.19. The molecule has 2 amide bonds. The highest BCUT2D eigenvalue weighted by Gasteiger charge is 2.16. The third-order valence-electron chi connectivity index (χ3n) is 2.52. The van der Waals surface area contributed by atoms with E-state index in [4.69, 9.17) is 0 Å². The van der Waals surface area contributed by atoms with Crippen LogP contribution in [0, 0.1) is 6.92 Å². The van der Waals surface area contributed by atoms with Gasteiger partial charge in [-0.25, -0.2) is 17.9 Å². The zero-order valence-corrected chi connectivity index (χ0v) is 13.2. The Labute approximate surface area is 120 Å². The Hall–Kier alpha value is -1.60. The number of carbonyl (C=O) groups excluding carboxylic acids is 1. The van der Waals surface area contributed by atoms with E-state index in [9.17, 15) is 13.2 Å². The van der Waals surface area contributed by atoms with E-state index in [2.05, 4.69) is 15.4 Å². The Balaban J connectivity index is 3.02. The number of anilines is 1. The first-order chi connectivity index (χ1) is 9.05. The van der Waals surface area contributed by atoms with Crippen molar-refractivity contribution in [2.45, 2.75) is 38.1 Å². The summed E-state index contributed by atoms with van der Waals surface area (Å²) in [4.78, 5) is 11.9. The number of benzene rings is 1. The fourth-order valence-corrected chi connectivity index (χ4v) is 2.27. The van der Waals surface area contributed by atoms with Crippen molar-refractivity contribution in [3.8, 4) is 0 Å². The van der Waals surface area contributed by atoms with Crippen molar-refractivity contribution in [3.05, 3.63) is 23.8 Å². The quantitative estimate of drug-likeness (QED) is 0.795. The molecule has 112 valence electrons. The molecule has 3 N–H and O–H groups in total. The highest BCUT2D eigenvalue weighted by atomic mass is 32.2. The van der Waals surface area contributed by atoms with Crippen LogP contribution >= 0.6 is 0 Å². The van der Waals surface area contributed by atoms with Crippen LogP contribution in [0.5, 0.6) is 0 Å². The first-order valence-corrected chi connectivity index (χ1v) is 7.67. The number of aryl methyl sites for hydroxylation is 1. The molecule has 1 aromatic carbocycles. The standard InChI is InChI=1S/C13H21N3O3S/c1-9-6-7-10(20(18,19)14-5)8-11(9)15-12(17)16-13(2,3)4/h6-8,14H,1-5H3,(H2,15,16,17). The van der Waals surface area contributed by atoms with Crippen LogP contribution in [0.15, 0.2) is 23.1 Å². The Bertz CT molecular complexity index is 604. The minimum atomic E-state index is -3.53. The molecule has 0 aliphatic rings. The zero-order chi connectivity index (χ0) is 15.6. The Kier molecular flexibility index (Phi) is 4.77. The van der Waals surface area contributed by atoms with E-state index in [1.807, 2.05) is 20.8 Å². The van der Waals surface area contributed by atoms with Gasteiger partial charge in [0, 0.05) is 11.2 Å². The predicted molar refractivity (Wildman–Crippen MR) is 79.3 cm³/mol. The van der Waals surface area contributed by atoms with Gasteiger partial charge in [0.2, 0.25) is 10.0 Å². The van der Waals surface area contributed by atoms with Gasteiger partial charge in [-0.3, -0.25) is 0 Å². The molecule has 0 aliphatic heterocycles. The number of rotatable bonds is 3. The predicted octanol–water partition coefficient (Wildman–Crippen LogP) is 1.82. The summed E-state index contributed by atoms with van der Waals surface area (Å²) in [5.41, 5.74) is 0.874. The van der Waals surface area contributed by atoms with E-state index in [0.717, 1.165) is 5.56 Å². The minimum Gasteiger partial charge on any atom is -0.333 e. The summed E-state index contributed by atoms with van der Waals surface area (Å²) in [5.74, 6) is 0. The van der Waals surface area contributed by atoms with Crippen LogP contribution in [0.25, 0.3) is 0 Å². The molecule has 0 heterocycles. The lowest BCUT2D eigenvalue weighted by atomic mass is 10.1. The van der Waals surface area contributed by atoms with Gasteiger partial charge in [-0.15, -0.1) is 0 Å². The maximum Gasteiger partial charge on any atom is 0.319 e. The van der Waals surface area contributed by atoms with Crippen LogP contribution in [-0.4, -0.2) is 27.0 Å². The number of hydrogen-bond donors (Lipinski definition) is 3. The van der Waals surface area contributed by atoms with E-state index in [-0.39, 0.29) is 16.5 Å². The molecule has 0 radical (unpaired) electrons. The van der Waals surface area contributed by atoms with Gasteiger partial charge in [0.05, 0.1) is 4.90 Å². The van der Waals surface area contributed by atoms with Crippen LogP contribution in [0.4, 0.5) is 10.5 Å². The molecule has 0 spiro atoms. The van der Waals surface area contributed by atoms with Gasteiger partial charge in [-0.2, -0.15) is 0 Å². The van der Waals surface area contributed by atoms with Crippen LogP contribution < -0.4 is 15.4 Å². The third kappa shape index (κ3) is 4.50. The Morgan fingerprint density at radius 1 is 1.20 bits per heavy atom. The number of urea groups is 1.